The van der Waals surface area contributed by atoms with E-state index in [0.717, 1.165) is 12.1 Å². The van der Waals surface area contributed by atoms with Crippen molar-refractivity contribution in [2.45, 2.75) is 37.1 Å². The van der Waals surface area contributed by atoms with Gasteiger partial charge >= 0.3 is 18.0 Å². The molecule has 2 heterocycles. The van der Waals surface area contributed by atoms with Gasteiger partial charge in [0.25, 0.3) is 0 Å². The number of aromatic carboxylic acids is 2. The average Bonchev–Trinajstić information content (AvgIpc) is 3.01. The van der Waals surface area contributed by atoms with Gasteiger partial charge in [0.05, 0.1) is 0 Å². The van der Waals surface area contributed by atoms with Crippen molar-refractivity contribution in [1.29, 1.82) is 0 Å². The highest BCUT2D eigenvalue weighted by atomic mass is 79.9. The number of aliphatic hydroxyl groups is 1. The molecule has 0 aliphatic heterocycles. The summed E-state index contributed by atoms with van der Waals surface area (Å²) < 4.78 is 20.8. The molecule has 0 aliphatic rings. The van der Waals surface area contributed by atoms with Gasteiger partial charge in [0, 0.05) is 12.1 Å². The Balaban J connectivity index is 0.000000409. The first kappa shape index (κ1) is 35.3. The number of rotatable bonds is 11. The fraction of sp³-hybridized carbons (Fsp3) is 0.267. The number of alkyl halides is 1. The molecule has 46 heavy (non-hydrogen) atoms. The van der Waals surface area contributed by atoms with Crippen molar-refractivity contribution in [1.82, 2.24) is 5.32 Å². The quantitative estimate of drug-likeness (QED) is 0.141. The van der Waals surface area contributed by atoms with Crippen LogP contribution in [0.4, 0.5) is 4.79 Å². The number of hydrogen-bond acceptors (Lipinski definition) is 11. The Morgan fingerprint density at radius 1 is 0.848 bits per heavy atom. The number of primary amides is 1. The maximum atomic E-state index is 12.3. The van der Waals surface area contributed by atoms with Gasteiger partial charge in [-0.05, 0) is 37.1 Å². The van der Waals surface area contributed by atoms with Crippen LogP contribution in [-0.2, 0) is 4.79 Å². The summed E-state index contributed by atoms with van der Waals surface area (Å²) >= 11 is 3.26. The van der Waals surface area contributed by atoms with Gasteiger partial charge in [-0.3, -0.25) is 19.7 Å². The number of nitrogens with one attached hydrogen (secondary N) is 1. The topological polar surface area (TPSA) is 246 Å². The molecule has 0 aliphatic carbocycles. The summed E-state index contributed by atoms with van der Waals surface area (Å²) in [6.07, 6.45) is 0.0341. The first-order valence-electron chi connectivity index (χ1n) is 13.5. The number of fused-ring (bicyclic) bond motifs is 2. The van der Waals surface area contributed by atoms with E-state index in [1.165, 1.54) is 36.4 Å². The largest absolute Gasteiger partial charge is 0.490 e. The molecular formula is C30H29BrN2O13. The molecule has 4 rings (SSSR count). The number of urea groups is 1. The number of ether oxygens (including phenoxy) is 2. The van der Waals surface area contributed by atoms with Gasteiger partial charge in [-0.25, -0.2) is 14.4 Å². The second kappa shape index (κ2) is 15.2. The summed E-state index contributed by atoms with van der Waals surface area (Å²) in [6, 6.07) is 9.59. The molecule has 3 amide bonds. The van der Waals surface area contributed by atoms with Gasteiger partial charge in [0.15, 0.2) is 10.9 Å². The number of carboxylic acid groups (broad SMARTS) is 2. The Labute approximate surface area is 267 Å². The fourth-order valence-electron chi connectivity index (χ4n) is 4.02. The minimum absolute atomic E-state index is 0.0105. The van der Waals surface area contributed by atoms with E-state index in [4.69, 9.17) is 34.3 Å². The Hall–Kier alpha value is -5.22. The van der Waals surface area contributed by atoms with Gasteiger partial charge in [0.2, 0.25) is 17.4 Å². The highest BCUT2D eigenvalue weighted by molar-refractivity contribution is 9.10. The number of carbonyl (C=O) groups excluding carboxylic acids is 2. The van der Waals surface area contributed by atoms with Gasteiger partial charge in [-0.1, -0.05) is 41.9 Å². The minimum Gasteiger partial charge on any atom is -0.490 e. The number of carbonyl (C=O) groups is 4. The van der Waals surface area contributed by atoms with E-state index in [-0.39, 0.29) is 52.6 Å². The first-order valence-corrected chi connectivity index (χ1v) is 14.3. The number of halogens is 1. The Morgan fingerprint density at radius 3 is 1.61 bits per heavy atom. The molecule has 244 valence electrons. The number of imide groups is 1. The molecule has 0 fully saturated rings. The number of benzene rings is 2. The van der Waals surface area contributed by atoms with Crippen molar-refractivity contribution in [3.63, 3.8) is 0 Å². The van der Waals surface area contributed by atoms with E-state index in [1.807, 2.05) is 19.2 Å². The van der Waals surface area contributed by atoms with Crippen LogP contribution in [0, 0.1) is 0 Å². The zero-order valence-corrected chi connectivity index (χ0v) is 26.0. The zero-order chi connectivity index (χ0) is 34.2. The van der Waals surface area contributed by atoms with E-state index >= 15 is 0 Å². The Bertz CT molecular complexity index is 1780. The van der Waals surface area contributed by atoms with Crippen molar-refractivity contribution in [2.24, 2.45) is 5.73 Å². The van der Waals surface area contributed by atoms with Crippen molar-refractivity contribution < 1.29 is 52.8 Å². The van der Waals surface area contributed by atoms with E-state index < -0.39 is 50.8 Å². The van der Waals surface area contributed by atoms with E-state index in [2.05, 4.69) is 15.9 Å². The maximum Gasteiger partial charge on any atom is 0.371 e. The first-order chi connectivity index (χ1) is 21.7. The number of amides is 3. The normalized spacial score (nSPS) is 11.1. The molecule has 2 aromatic carbocycles. The highest BCUT2D eigenvalue weighted by Gasteiger charge is 2.32. The Kier molecular flexibility index (Phi) is 11.6. The van der Waals surface area contributed by atoms with E-state index in [0.29, 0.717) is 12.8 Å². The molecule has 4 aromatic rings. The van der Waals surface area contributed by atoms with Crippen LogP contribution in [0.3, 0.4) is 0 Å². The number of hydrogen-bond donors (Lipinski definition) is 5. The summed E-state index contributed by atoms with van der Waals surface area (Å²) in [7, 11) is 0. The smallest absolute Gasteiger partial charge is 0.371 e. The molecule has 6 N–H and O–H groups in total. The molecule has 0 atom stereocenters. The lowest BCUT2D eigenvalue weighted by Crippen LogP contribution is -2.46. The maximum absolute atomic E-state index is 12.3. The third kappa shape index (κ3) is 8.48. The molecule has 16 heteroatoms. The molecule has 0 bridgehead atoms. The highest BCUT2D eigenvalue weighted by Crippen LogP contribution is 2.27. The average molecular weight is 705 g/mol. The molecule has 15 nitrogen and oxygen atoms in total. The number of aliphatic hydroxyl groups excluding tert-OH is 1. The minimum atomic E-state index is -1.39. The summed E-state index contributed by atoms with van der Waals surface area (Å²) in [5.74, 6) is -4.03. The molecule has 0 spiro atoms. The van der Waals surface area contributed by atoms with Crippen molar-refractivity contribution in [2.75, 3.05) is 13.2 Å². The second-order valence-electron chi connectivity index (χ2n) is 9.59. The van der Waals surface area contributed by atoms with Gasteiger partial charge in [-0.2, -0.15) is 0 Å². The van der Waals surface area contributed by atoms with Gasteiger partial charge in [0.1, 0.15) is 57.1 Å². The van der Waals surface area contributed by atoms with Crippen molar-refractivity contribution in [3.8, 4) is 11.5 Å². The second-order valence-corrected chi connectivity index (χ2v) is 11.1. The molecule has 0 radical (unpaired) electrons. The third-order valence-corrected chi connectivity index (χ3v) is 7.96. The number of nitrogens with two attached hydrogens (primary N) is 1. The summed E-state index contributed by atoms with van der Waals surface area (Å²) in [6.45, 7) is 3.11. The van der Waals surface area contributed by atoms with Gasteiger partial charge < -0.3 is 39.4 Å². The van der Waals surface area contributed by atoms with Crippen molar-refractivity contribution >= 4 is 61.7 Å². The lowest BCUT2D eigenvalue weighted by atomic mass is 10.0. The zero-order valence-electron chi connectivity index (χ0n) is 24.4. The predicted octanol–water partition coefficient (Wildman–Crippen LogP) is 3.25. The predicted molar refractivity (Wildman–Crippen MR) is 166 cm³/mol. The monoisotopic (exact) mass is 704 g/mol. The molecular weight excluding hydrogens is 676 g/mol. The van der Waals surface area contributed by atoms with Crippen LogP contribution in [0.5, 0.6) is 11.5 Å². The van der Waals surface area contributed by atoms with Crippen LogP contribution in [-0.4, -0.2) is 62.8 Å². The van der Waals surface area contributed by atoms with Crippen LogP contribution in [0.2, 0.25) is 0 Å². The van der Waals surface area contributed by atoms with Crippen LogP contribution in [0.15, 0.2) is 67.0 Å². The number of carboxylic acids is 2. The molecule has 0 saturated carbocycles. The lowest BCUT2D eigenvalue weighted by Gasteiger charge is -2.21. The van der Waals surface area contributed by atoms with E-state index in [9.17, 15) is 33.9 Å². The fourth-order valence-corrected chi connectivity index (χ4v) is 4.12. The summed E-state index contributed by atoms with van der Waals surface area (Å²) in [5, 5.41) is 30.4. The SMILES string of the molecule is CCC(Br)(CC)C(=O)NC(N)=O.O=C(O)c1cc(=O)c2c(OCC(O)COc3cccc4oc(C(=O)O)cc(=O)c34)cccc2o1. The van der Waals surface area contributed by atoms with Crippen LogP contribution >= 0.6 is 15.9 Å². The molecule has 0 unspecified atom stereocenters. The van der Waals surface area contributed by atoms with Crippen LogP contribution < -0.4 is 31.4 Å². The molecule has 0 saturated heterocycles. The standard InChI is InChI=1S/C23H16O11.C7H13BrN2O2/c24-11(9-31-14-3-1-5-16-20(14)12(25)7-18(33-16)22(27)28)10-32-15-4-2-6-17-21(15)13(26)8-19(34-17)23(29)30;1-3-7(8,4-2)5(11)10-6(9)12/h1-8,11,24H,9-10H2,(H,27,28)(H,29,30);3-4H2,1-2H3,(H3,9,10,11,12). The van der Waals surface area contributed by atoms with Crippen LogP contribution in [0.25, 0.3) is 21.9 Å². The van der Waals surface area contributed by atoms with E-state index in [1.54, 1.807) is 0 Å². The lowest BCUT2D eigenvalue weighted by molar-refractivity contribution is -0.122. The summed E-state index contributed by atoms with van der Waals surface area (Å²) in [5.41, 5.74) is 3.58. The molecule has 2 aromatic heterocycles. The summed E-state index contributed by atoms with van der Waals surface area (Å²) in [4.78, 5) is 68.5. The van der Waals surface area contributed by atoms with Crippen molar-refractivity contribution in [3.05, 3.63) is 80.5 Å². The third-order valence-electron chi connectivity index (χ3n) is 6.48. The van der Waals surface area contributed by atoms with Gasteiger partial charge in [-0.15, -0.1) is 0 Å². The van der Waals surface area contributed by atoms with Crippen LogP contribution in [0.1, 0.15) is 47.8 Å². The Morgan fingerprint density at radius 2 is 1.26 bits per heavy atom.